The van der Waals surface area contributed by atoms with Crippen LogP contribution in [0.4, 0.5) is 5.69 Å². The molecule has 4 rings (SSSR count). The maximum absolute atomic E-state index is 13.6. The zero-order valence-electron chi connectivity index (χ0n) is 19.3. The lowest BCUT2D eigenvalue weighted by Crippen LogP contribution is -2.51. The minimum absolute atomic E-state index is 0.00126. The van der Waals surface area contributed by atoms with Gasteiger partial charge in [0.15, 0.2) is 11.9 Å². The Balaban J connectivity index is 1.95. The lowest BCUT2D eigenvalue weighted by atomic mass is 9.59. The van der Waals surface area contributed by atoms with Crippen LogP contribution in [0.2, 0.25) is 0 Å². The molecule has 0 saturated heterocycles. The van der Waals surface area contributed by atoms with Crippen molar-refractivity contribution in [3.05, 3.63) is 52.9 Å². The molecule has 0 spiro atoms. The zero-order valence-corrected chi connectivity index (χ0v) is 19.3. The third-order valence-electron chi connectivity index (χ3n) is 6.78. The monoisotopic (exact) mass is 420 g/mol. The van der Waals surface area contributed by atoms with Gasteiger partial charge in [-0.2, -0.15) is 10.2 Å². The van der Waals surface area contributed by atoms with Crippen molar-refractivity contribution in [1.29, 1.82) is 0 Å². The van der Waals surface area contributed by atoms with Crippen LogP contribution < -0.4 is 10.2 Å². The Morgan fingerprint density at radius 1 is 1.29 bits per heavy atom. The molecule has 0 radical (unpaired) electrons. The third kappa shape index (κ3) is 3.33. The van der Waals surface area contributed by atoms with Gasteiger partial charge in [0, 0.05) is 41.9 Å². The van der Waals surface area contributed by atoms with Crippen LogP contribution in [0.25, 0.3) is 0 Å². The summed E-state index contributed by atoms with van der Waals surface area (Å²) in [7, 11) is 0. The van der Waals surface area contributed by atoms with Crippen molar-refractivity contribution >= 4 is 17.4 Å². The number of hydrogen-bond donors (Lipinski definition) is 1. The summed E-state index contributed by atoms with van der Waals surface area (Å²) in [5, 5.41) is 12.1. The Morgan fingerprint density at radius 2 is 2.03 bits per heavy atom. The van der Waals surface area contributed by atoms with E-state index in [4.69, 9.17) is 0 Å². The molecular weight excluding hydrogens is 388 g/mol. The van der Waals surface area contributed by atoms with Gasteiger partial charge >= 0.3 is 0 Å². The summed E-state index contributed by atoms with van der Waals surface area (Å²) in [6.45, 7) is 12.0. The molecule has 0 aromatic heterocycles. The molecule has 2 heterocycles. The van der Waals surface area contributed by atoms with E-state index in [1.165, 1.54) is 0 Å². The van der Waals surface area contributed by atoms with E-state index in [-0.39, 0.29) is 29.3 Å². The number of Topliss-reactive ketones (excluding diaryl/α,β-unsaturated/α-hetero) is 1. The van der Waals surface area contributed by atoms with Crippen LogP contribution in [-0.2, 0) is 15.0 Å². The number of rotatable bonds is 4. The number of nitrogens with one attached hydrogen (secondary N) is 1. The summed E-state index contributed by atoms with van der Waals surface area (Å²) >= 11 is 0. The maximum Gasteiger partial charge on any atom is 0.224 e. The average Bonchev–Trinajstić information content (AvgIpc) is 3.13. The highest BCUT2D eigenvalue weighted by molar-refractivity contribution is 6.01. The lowest BCUT2D eigenvalue weighted by molar-refractivity contribution is -0.119. The normalized spacial score (nSPS) is 26.4. The highest BCUT2D eigenvalue weighted by Crippen LogP contribution is 2.54. The van der Waals surface area contributed by atoms with E-state index < -0.39 is 5.41 Å². The van der Waals surface area contributed by atoms with Crippen molar-refractivity contribution in [3.63, 3.8) is 0 Å². The van der Waals surface area contributed by atoms with E-state index in [0.29, 0.717) is 6.42 Å². The fourth-order valence-corrected chi connectivity index (χ4v) is 5.65. The van der Waals surface area contributed by atoms with Crippen molar-refractivity contribution in [3.8, 4) is 0 Å². The van der Waals surface area contributed by atoms with Gasteiger partial charge in [0.05, 0.1) is 11.6 Å². The fraction of sp³-hybridized carbons (Fsp3) is 0.520. The van der Waals surface area contributed by atoms with E-state index in [0.717, 1.165) is 40.9 Å². The maximum atomic E-state index is 13.6. The Bertz CT molecular complexity index is 1030. The van der Waals surface area contributed by atoms with Gasteiger partial charge in [0.2, 0.25) is 5.91 Å². The topological polar surface area (TPSA) is 74.1 Å². The van der Waals surface area contributed by atoms with Crippen LogP contribution in [0.5, 0.6) is 0 Å². The van der Waals surface area contributed by atoms with Gasteiger partial charge < -0.3 is 10.2 Å². The molecule has 0 saturated carbocycles. The number of anilines is 1. The van der Waals surface area contributed by atoms with Crippen molar-refractivity contribution in [2.75, 3.05) is 4.90 Å². The molecule has 2 atom stereocenters. The molecule has 2 unspecified atom stereocenters. The average molecular weight is 421 g/mol. The molecule has 2 aliphatic heterocycles. The Morgan fingerprint density at radius 3 is 2.68 bits per heavy atom. The minimum Gasteiger partial charge on any atom is -0.362 e. The molecule has 6 heteroatoms. The molecule has 1 amide bonds. The molecule has 1 aliphatic carbocycles. The number of ketones is 1. The van der Waals surface area contributed by atoms with Gasteiger partial charge in [-0.25, -0.2) is 0 Å². The molecule has 31 heavy (non-hydrogen) atoms. The van der Waals surface area contributed by atoms with E-state index in [2.05, 4.69) is 48.4 Å². The quantitative estimate of drug-likeness (QED) is 0.743. The Hall–Kier alpha value is -2.76. The number of hydrogen-bond acceptors (Lipinski definition) is 5. The first-order valence-electron chi connectivity index (χ1n) is 11.1. The summed E-state index contributed by atoms with van der Waals surface area (Å²) in [4.78, 5) is 27.7. The SMILES string of the molecule is CCC1(c2cccc(N(C(C)=O)C(C)C)c2)C2=CN=NC2NC2=C1C(=O)CC(C)(C)C2. The van der Waals surface area contributed by atoms with Crippen LogP contribution in [-0.4, -0.2) is 23.9 Å². The molecule has 1 aromatic rings. The zero-order chi connectivity index (χ0) is 22.6. The van der Waals surface area contributed by atoms with E-state index >= 15 is 0 Å². The lowest BCUT2D eigenvalue weighted by Gasteiger charge is -2.48. The van der Waals surface area contributed by atoms with Crippen molar-refractivity contribution in [2.24, 2.45) is 15.6 Å². The molecule has 164 valence electrons. The molecular formula is C25H32N4O2. The van der Waals surface area contributed by atoms with Gasteiger partial charge in [0.25, 0.3) is 0 Å². The van der Waals surface area contributed by atoms with Gasteiger partial charge in [-0.15, -0.1) is 0 Å². The third-order valence-corrected chi connectivity index (χ3v) is 6.78. The highest BCUT2D eigenvalue weighted by Gasteiger charge is 2.53. The van der Waals surface area contributed by atoms with Crippen LogP contribution in [0.3, 0.4) is 0 Å². The highest BCUT2D eigenvalue weighted by atomic mass is 16.2. The standard InChI is InChI=1S/C25H32N4O2/c1-7-25(17-9-8-10-18(11-17)29(15(2)3)16(4)30)19-14-26-28-23(19)27-20-12-24(5,6)13-21(31)22(20)25/h8-11,14-15,23,27H,7,12-13H2,1-6H3. The number of nitrogens with zero attached hydrogens (tertiary/aromatic N) is 3. The number of amides is 1. The van der Waals surface area contributed by atoms with Gasteiger partial charge in [-0.3, -0.25) is 9.59 Å². The van der Waals surface area contributed by atoms with Crippen molar-refractivity contribution in [1.82, 2.24) is 5.32 Å². The summed E-state index contributed by atoms with van der Waals surface area (Å²) in [5.41, 5.74) is 4.02. The van der Waals surface area contributed by atoms with E-state index in [9.17, 15) is 9.59 Å². The number of carbonyl (C=O) groups is 2. The molecule has 6 nitrogen and oxygen atoms in total. The van der Waals surface area contributed by atoms with Crippen molar-refractivity contribution in [2.45, 2.75) is 78.4 Å². The Kier molecular flexibility index (Phi) is 5.15. The number of fused-ring (bicyclic) bond motifs is 1. The van der Waals surface area contributed by atoms with Gasteiger partial charge in [-0.1, -0.05) is 32.9 Å². The van der Waals surface area contributed by atoms with Crippen molar-refractivity contribution < 1.29 is 9.59 Å². The van der Waals surface area contributed by atoms with E-state index in [1.54, 1.807) is 11.8 Å². The van der Waals surface area contributed by atoms with Gasteiger partial charge in [0.1, 0.15) is 0 Å². The minimum atomic E-state index is -0.599. The second kappa shape index (κ2) is 7.43. The first kappa shape index (κ1) is 21.5. The van der Waals surface area contributed by atoms with Crippen LogP contribution >= 0.6 is 0 Å². The number of azo groups is 1. The first-order chi connectivity index (χ1) is 14.6. The second-order valence-corrected chi connectivity index (χ2v) is 9.95. The summed E-state index contributed by atoms with van der Waals surface area (Å²) < 4.78 is 0. The molecule has 3 aliphatic rings. The number of allylic oxidation sites excluding steroid dienone is 2. The molecule has 0 fully saturated rings. The summed E-state index contributed by atoms with van der Waals surface area (Å²) in [6.07, 6.45) is 3.61. The second-order valence-electron chi connectivity index (χ2n) is 9.95. The van der Waals surface area contributed by atoms with E-state index in [1.807, 2.05) is 32.2 Å². The first-order valence-corrected chi connectivity index (χ1v) is 11.1. The smallest absolute Gasteiger partial charge is 0.224 e. The molecule has 1 aromatic carbocycles. The molecule has 1 N–H and O–H groups in total. The van der Waals surface area contributed by atoms with Crippen LogP contribution in [0.15, 0.2) is 57.5 Å². The Labute approximate surface area is 184 Å². The summed E-state index contributed by atoms with van der Waals surface area (Å²) in [6, 6.07) is 8.13. The van der Waals surface area contributed by atoms with Crippen LogP contribution in [0, 0.1) is 5.41 Å². The largest absolute Gasteiger partial charge is 0.362 e. The summed E-state index contributed by atoms with van der Waals surface area (Å²) in [5.74, 6) is 0.186. The predicted octanol–water partition coefficient (Wildman–Crippen LogP) is 5.02. The van der Waals surface area contributed by atoms with Gasteiger partial charge in [-0.05, 0) is 49.8 Å². The van der Waals surface area contributed by atoms with Crippen LogP contribution in [0.1, 0.15) is 66.4 Å². The molecule has 0 bridgehead atoms. The fourth-order valence-electron chi connectivity index (χ4n) is 5.65. The number of carbonyl (C=O) groups excluding carboxylic acids is 2. The number of benzene rings is 1. The predicted molar refractivity (Wildman–Crippen MR) is 122 cm³/mol.